The molecule has 2 saturated carbocycles. The highest BCUT2D eigenvalue weighted by Gasteiger charge is 2.36. The van der Waals surface area contributed by atoms with Crippen LogP contribution in [0.4, 0.5) is 0 Å². The van der Waals surface area contributed by atoms with E-state index in [1.54, 1.807) is 0 Å². The Labute approximate surface area is 126 Å². The van der Waals surface area contributed by atoms with Crippen LogP contribution >= 0.6 is 0 Å². The molecule has 2 rings (SSSR count). The van der Waals surface area contributed by atoms with E-state index < -0.39 is 0 Å². The van der Waals surface area contributed by atoms with Crippen LogP contribution in [0.15, 0.2) is 0 Å². The second-order valence-electron chi connectivity index (χ2n) is 8.06. The quantitative estimate of drug-likeness (QED) is 0.821. The number of rotatable bonds is 5. The lowest BCUT2D eigenvalue weighted by atomic mass is 9.69. The van der Waals surface area contributed by atoms with Crippen molar-refractivity contribution in [1.82, 2.24) is 10.2 Å². The molecule has 0 heterocycles. The summed E-state index contributed by atoms with van der Waals surface area (Å²) in [6, 6.07) is 0.845. The highest BCUT2D eigenvalue weighted by Crippen LogP contribution is 2.40. The summed E-state index contributed by atoms with van der Waals surface area (Å²) < 4.78 is 0. The first kappa shape index (κ1) is 16.3. The van der Waals surface area contributed by atoms with Crippen LogP contribution in [0.3, 0.4) is 0 Å². The molecule has 1 N–H and O–H groups in total. The summed E-state index contributed by atoms with van der Waals surface area (Å²) in [7, 11) is 4.51. The van der Waals surface area contributed by atoms with E-state index in [4.69, 9.17) is 0 Å². The summed E-state index contributed by atoms with van der Waals surface area (Å²) in [6.07, 6.45) is 11.4. The SMILES string of the molecule is CNCC1(CN(C)C2CCC(C)CC2)CCCC(C)C1. The van der Waals surface area contributed by atoms with Gasteiger partial charge in [0.1, 0.15) is 0 Å². The second-order valence-corrected chi connectivity index (χ2v) is 8.06. The molecule has 118 valence electrons. The Kier molecular flexibility index (Phi) is 5.92. The smallest absolute Gasteiger partial charge is 0.00926 e. The number of nitrogens with one attached hydrogen (secondary N) is 1. The van der Waals surface area contributed by atoms with Crippen LogP contribution in [0.5, 0.6) is 0 Å². The van der Waals surface area contributed by atoms with Crippen LogP contribution in [-0.2, 0) is 0 Å². The summed E-state index contributed by atoms with van der Waals surface area (Å²) in [6.45, 7) is 7.37. The first-order valence-electron chi connectivity index (χ1n) is 8.89. The Bertz CT molecular complexity index is 279. The van der Waals surface area contributed by atoms with Crippen molar-refractivity contribution in [2.45, 2.75) is 71.3 Å². The van der Waals surface area contributed by atoms with Crippen molar-refractivity contribution in [3.05, 3.63) is 0 Å². The predicted molar refractivity (Wildman–Crippen MR) is 88.0 cm³/mol. The number of nitrogens with zero attached hydrogens (tertiary/aromatic N) is 1. The molecule has 2 heteroatoms. The van der Waals surface area contributed by atoms with Crippen molar-refractivity contribution >= 4 is 0 Å². The summed E-state index contributed by atoms with van der Waals surface area (Å²) in [5, 5.41) is 3.49. The zero-order valence-corrected chi connectivity index (χ0v) is 14.3. The van der Waals surface area contributed by atoms with E-state index in [1.807, 2.05) is 0 Å². The Hall–Kier alpha value is -0.0800. The summed E-state index contributed by atoms with van der Waals surface area (Å²) >= 11 is 0. The molecular formula is C18H36N2. The maximum Gasteiger partial charge on any atom is 0.00926 e. The van der Waals surface area contributed by atoms with Crippen LogP contribution in [0.1, 0.15) is 65.2 Å². The summed E-state index contributed by atoms with van der Waals surface area (Å²) in [5.74, 6) is 1.87. The van der Waals surface area contributed by atoms with Gasteiger partial charge in [0.25, 0.3) is 0 Å². The Morgan fingerprint density at radius 3 is 2.35 bits per heavy atom. The highest BCUT2D eigenvalue weighted by atomic mass is 15.1. The third kappa shape index (κ3) is 4.21. The number of hydrogen-bond acceptors (Lipinski definition) is 2. The van der Waals surface area contributed by atoms with E-state index in [9.17, 15) is 0 Å². The van der Waals surface area contributed by atoms with Crippen molar-refractivity contribution in [3.63, 3.8) is 0 Å². The second kappa shape index (κ2) is 7.26. The highest BCUT2D eigenvalue weighted by molar-refractivity contribution is 4.91. The molecule has 0 aromatic rings. The Morgan fingerprint density at radius 1 is 1.05 bits per heavy atom. The van der Waals surface area contributed by atoms with Crippen LogP contribution < -0.4 is 5.32 Å². The Morgan fingerprint density at radius 2 is 1.75 bits per heavy atom. The van der Waals surface area contributed by atoms with Gasteiger partial charge in [0.15, 0.2) is 0 Å². The monoisotopic (exact) mass is 280 g/mol. The van der Waals surface area contributed by atoms with Gasteiger partial charge in [-0.3, -0.25) is 0 Å². The van der Waals surface area contributed by atoms with Crippen LogP contribution in [-0.4, -0.2) is 38.1 Å². The van der Waals surface area contributed by atoms with Crippen molar-refractivity contribution < 1.29 is 0 Å². The van der Waals surface area contributed by atoms with Crippen LogP contribution in [0.2, 0.25) is 0 Å². The minimum atomic E-state index is 0.532. The molecule has 2 unspecified atom stereocenters. The van der Waals surface area contributed by atoms with Gasteiger partial charge in [-0.15, -0.1) is 0 Å². The van der Waals surface area contributed by atoms with Gasteiger partial charge < -0.3 is 10.2 Å². The summed E-state index contributed by atoms with van der Waals surface area (Å²) in [4.78, 5) is 2.71. The molecule has 0 radical (unpaired) electrons. The van der Waals surface area contributed by atoms with Gasteiger partial charge in [-0.2, -0.15) is 0 Å². The average molecular weight is 280 g/mol. The van der Waals surface area contributed by atoms with Crippen molar-refractivity contribution in [3.8, 4) is 0 Å². The van der Waals surface area contributed by atoms with E-state index in [0.717, 1.165) is 17.9 Å². The lowest BCUT2D eigenvalue weighted by Gasteiger charge is -2.45. The molecule has 0 aromatic carbocycles. The van der Waals surface area contributed by atoms with E-state index in [1.165, 1.54) is 64.5 Å². The summed E-state index contributed by atoms with van der Waals surface area (Å²) in [5.41, 5.74) is 0.532. The average Bonchev–Trinajstić information content (AvgIpc) is 2.39. The van der Waals surface area contributed by atoms with E-state index >= 15 is 0 Å². The van der Waals surface area contributed by atoms with Gasteiger partial charge in [-0.05, 0) is 69.9 Å². The van der Waals surface area contributed by atoms with Crippen molar-refractivity contribution in [2.75, 3.05) is 27.2 Å². The molecule has 2 aliphatic rings. The standard InChI is InChI=1S/C18H36N2/c1-15-7-9-17(10-8-15)20(4)14-18(13-19-3)11-5-6-16(2)12-18/h15-17,19H,5-14H2,1-4H3. The molecular weight excluding hydrogens is 244 g/mol. The van der Waals surface area contributed by atoms with Gasteiger partial charge in [-0.1, -0.05) is 26.7 Å². The van der Waals surface area contributed by atoms with Gasteiger partial charge in [0, 0.05) is 19.1 Å². The fourth-order valence-electron chi connectivity index (χ4n) is 4.85. The third-order valence-electron chi connectivity index (χ3n) is 5.93. The zero-order chi connectivity index (χ0) is 14.6. The third-order valence-corrected chi connectivity index (χ3v) is 5.93. The molecule has 0 amide bonds. The molecule has 0 aromatic heterocycles. The lowest BCUT2D eigenvalue weighted by Crippen LogP contribution is -2.48. The lowest BCUT2D eigenvalue weighted by molar-refractivity contribution is 0.0599. The van der Waals surface area contributed by atoms with Crippen molar-refractivity contribution in [2.24, 2.45) is 17.3 Å². The fourth-order valence-corrected chi connectivity index (χ4v) is 4.85. The van der Waals surface area contributed by atoms with Gasteiger partial charge in [0.05, 0.1) is 0 Å². The topological polar surface area (TPSA) is 15.3 Å². The van der Waals surface area contributed by atoms with Crippen LogP contribution in [0, 0.1) is 17.3 Å². The predicted octanol–water partition coefficient (Wildman–Crippen LogP) is 3.91. The van der Waals surface area contributed by atoms with E-state index in [0.29, 0.717) is 5.41 Å². The van der Waals surface area contributed by atoms with E-state index in [-0.39, 0.29) is 0 Å². The molecule has 0 spiro atoms. The Balaban J connectivity index is 1.93. The number of hydrogen-bond donors (Lipinski definition) is 1. The van der Waals surface area contributed by atoms with E-state index in [2.05, 4.69) is 38.2 Å². The molecule has 2 nitrogen and oxygen atoms in total. The van der Waals surface area contributed by atoms with Crippen LogP contribution in [0.25, 0.3) is 0 Å². The van der Waals surface area contributed by atoms with Gasteiger partial charge in [-0.25, -0.2) is 0 Å². The normalized spacial score (nSPS) is 39.1. The molecule has 0 aliphatic heterocycles. The van der Waals surface area contributed by atoms with Crippen molar-refractivity contribution in [1.29, 1.82) is 0 Å². The van der Waals surface area contributed by atoms with Gasteiger partial charge in [0.2, 0.25) is 0 Å². The zero-order valence-electron chi connectivity index (χ0n) is 14.3. The molecule has 2 aliphatic carbocycles. The largest absolute Gasteiger partial charge is 0.319 e. The molecule has 2 fully saturated rings. The minimum absolute atomic E-state index is 0.532. The maximum absolute atomic E-state index is 3.49. The molecule has 0 saturated heterocycles. The first-order valence-corrected chi connectivity index (χ1v) is 8.89. The molecule has 2 atom stereocenters. The molecule has 0 bridgehead atoms. The maximum atomic E-state index is 3.49. The molecule has 20 heavy (non-hydrogen) atoms. The fraction of sp³-hybridized carbons (Fsp3) is 1.00. The van der Waals surface area contributed by atoms with Gasteiger partial charge >= 0.3 is 0 Å². The minimum Gasteiger partial charge on any atom is -0.319 e. The first-order chi connectivity index (χ1) is 9.54.